The first kappa shape index (κ1) is 15.8. The molecule has 0 aliphatic heterocycles. The lowest BCUT2D eigenvalue weighted by molar-refractivity contribution is 0.0636. The van der Waals surface area contributed by atoms with Gasteiger partial charge in [0, 0.05) is 16.4 Å². The highest BCUT2D eigenvalue weighted by Crippen LogP contribution is 2.23. The van der Waals surface area contributed by atoms with Crippen LogP contribution in [0.1, 0.15) is 26.3 Å². The summed E-state index contributed by atoms with van der Waals surface area (Å²) in [5.74, 6) is 0. The van der Waals surface area contributed by atoms with E-state index in [-0.39, 0.29) is 4.90 Å². The molecule has 0 radical (unpaired) electrons. The predicted molar refractivity (Wildman–Crippen MR) is 74.1 cm³/mol. The van der Waals surface area contributed by atoms with Crippen molar-refractivity contribution in [3.05, 3.63) is 23.8 Å². The van der Waals surface area contributed by atoms with Crippen molar-refractivity contribution in [3.8, 4) is 0 Å². The Bertz CT molecular complexity index is 590. The minimum absolute atomic E-state index is 0.0175. The number of halogens is 1. The number of amides is 1. The molecule has 7 heteroatoms. The summed E-state index contributed by atoms with van der Waals surface area (Å²) in [4.78, 5) is 11.6. The van der Waals surface area contributed by atoms with Crippen LogP contribution in [0.5, 0.6) is 0 Å². The summed E-state index contributed by atoms with van der Waals surface area (Å²) in [6.45, 7) is 6.85. The standard InChI is InChI=1S/C12H16ClNO4S/c1-8-7-9(5-6-10(8)19(13,16)17)14-11(15)18-12(2,3)4/h5-7H,1-4H3,(H,14,15). The lowest BCUT2D eigenvalue weighted by Crippen LogP contribution is -2.27. The van der Waals surface area contributed by atoms with Crippen molar-refractivity contribution in [2.24, 2.45) is 0 Å². The molecule has 0 bridgehead atoms. The molecule has 0 saturated carbocycles. The van der Waals surface area contributed by atoms with Crippen molar-refractivity contribution in [2.75, 3.05) is 5.32 Å². The van der Waals surface area contributed by atoms with Gasteiger partial charge in [-0.1, -0.05) is 0 Å². The number of carbonyl (C=O) groups is 1. The van der Waals surface area contributed by atoms with Crippen LogP contribution in [-0.2, 0) is 13.8 Å². The van der Waals surface area contributed by atoms with Gasteiger partial charge in [-0.05, 0) is 51.5 Å². The van der Waals surface area contributed by atoms with Crippen LogP contribution in [0.4, 0.5) is 10.5 Å². The van der Waals surface area contributed by atoms with Gasteiger partial charge in [-0.2, -0.15) is 0 Å². The molecule has 0 aliphatic carbocycles. The van der Waals surface area contributed by atoms with Crippen LogP contribution in [-0.4, -0.2) is 20.1 Å². The van der Waals surface area contributed by atoms with Crippen molar-refractivity contribution < 1.29 is 17.9 Å². The Balaban J connectivity index is 2.89. The Hall–Kier alpha value is -1.27. The summed E-state index contributed by atoms with van der Waals surface area (Å²) >= 11 is 0. The third-order valence-electron chi connectivity index (χ3n) is 2.08. The lowest BCUT2D eigenvalue weighted by Gasteiger charge is -2.19. The third kappa shape index (κ3) is 5.08. The second-order valence-electron chi connectivity index (χ2n) is 5.05. The number of hydrogen-bond acceptors (Lipinski definition) is 4. The summed E-state index contributed by atoms with van der Waals surface area (Å²) < 4.78 is 27.5. The average Bonchev–Trinajstić information content (AvgIpc) is 2.11. The minimum Gasteiger partial charge on any atom is -0.444 e. The monoisotopic (exact) mass is 305 g/mol. The van der Waals surface area contributed by atoms with Gasteiger partial charge in [0.1, 0.15) is 5.60 Å². The molecule has 1 amide bonds. The zero-order valence-corrected chi connectivity index (χ0v) is 12.7. The van der Waals surface area contributed by atoms with Gasteiger partial charge < -0.3 is 4.74 Å². The average molecular weight is 306 g/mol. The maximum atomic E-state index is 11.5. The molecule has 106 valence electrons. The number of aryl methyl sites for hydroxylation is 1. The van der Waals surface area contributed by atoms with Crippen molar-refractivity contribution in [1.82, 2.24) is 0 Å². The summed E-state index contributed by atoms with van der Waals surface area (Å²) in [5.41, 5.74) is 0.290. The van der Waals surface area contributed by atoms with Gasteiger partial charge in [0.2, 0.25) is 0 Å². The molecule has 0 fully saturated rings. The number of hydrogen-bond donors (Lipinski definition) is 1. The topological polar surface area (TPSA) is 72.5 Å². The molecule has 0 atom stereocenters. The van der Waals surface area contributed by atoms with E-state index in [0.29, 0.717) is 11.3 Å². The summed E-state index contributed by atoms with van der Waals surface area (Å²) in [5, 5.41) is 2.52. The highest BCUT2D eigenvalue weighted by Gasteiger charge is 2.17. The molecule has 0 heterocycles. The van der Waals surface area contributed by atoms with Crippen molar-refractivity contribution in [3.63, 3.8) is 0 Å². The second-order valence-corrected chi connectivity index (χ2v) is 7.58. The summed E-state index contributed by atoms with van der Waals surface area (Å²) in [6, 6.07) is 4.30. The van der Waals surface area contributed by atoms with E-state index in [4.69, 9.17) is 15.4 Å². The van der Waals surface area contributed by atoms with E-state index in [1.807, 2.05) is 0 Å². The quantitative estimate of drug-likeness (QED) is 0.851. The number of anilines is 1. The van der Waals surface area contributed by atoms with Gasteiger partial charge >= 0.3 is 6.09 Å². The minimum atomic E-state index is -3.78. The first-order chi connectivity index (χ1) is 8.49. The lowest BCUT2D eigenvalue weighted by atomic mass is 10.2. The highest BCUT2D eigenvalue weighted by atomic mass is 35.7. The van der Waals surface area contributed by atoms with Gasteiger partial charge in [0.15, 0.2) is 0 Å². The number of ether oxygens (including phenoxy) is 1. The molecule has 1 rings (SSSR count). The van der Waals surface area contributed by atoms with Crippen LogP contribution in [0, 0.1) is 6.92 Å². The Morgan fingerprint density at radius 1 is 1.32 bits per heavy atom. The van der Waals surface area contributed by atoms with Gasteiger partial charge in [-0.15, -0.1) is 0 Å². The fourth-order valence-corrected chi connectivity index (χ4v) is 2.62. The zero-order valence-electron chi connectivity index (χ0n) is 11.2. The van der Waals surface area contributed by atoms with Gasteiger partial charge in [-0.25, -0.2) is 13.2 Å². The van der Waals surface area contributed by atoms with Crippen LogP contribution < -0.4 is 5.32 Å². The van der Waals surface area contributed by atoms with Crippen molar-refractivity contribution >= 4 is 31.5 Å². The molecule has 5 nitrogen and oxygen atoms in total. The van der Waals surface area contributed by atoms with E-state index in [1.54, 1.807) is 27.7 Å². The maximum absolute atomic E-state index is 11.5. The van der Waals surface area contributed by atoms with Crippen LogP contribution >= 0.6 is 10.7 Å². The highest BCUT2D eigenvalue weighted by molar-refractivity contribution is 8.13. The molecular weight excluding hydrogens is 290 g/mol. The number of rotatable bonds is 2. The van der Waals surface area contributed by atoms with Crippen molar-refractivity contribution in [1.29, 1.82) is 0 Å². The SMILES string of the molecule is Cc1cc(NC(=O)OC(C)(C)C)ccc1S(=O)(=O)Cl. The second kappa shape index (κ2) is 5.38. The van der Waals surface area contributed by atoms with Gasteiger partial charge in [0.05, 0.1) is 4.90 Å². The summed E-state index contributed by atoms with van der Waals surface area (Å²) in [7, 11) is 1.49. The normalized spacial score (nSPS) is 12.1. The van der Waals surface area contributed by atoms with Crippen molar-refractivity contribution in [2.45, 2.75) is 38.2 Å². The predicted octanol–water partition coefficient (Wildman–Crippen LogP) is 3.27. The van der Waals surface area contributed by atoms with E-state index < -0.39 is 20.7 Å². The molecule has 1 N–H and O–H groups in total. The maximum Gasteiger partial charge on any atom is 0.412 e. The summed E-state index contributed by atoms with van der Waals surface area (Å²) in [6.07, 6.45) is -0.603. The van der Waals surface area contributed by atoms with E-state index in [9.17, 15) is 13.2 Å². The third-order valence-corrected chi connectivity index (χ3v) is 3.57. The Labute approximate surface area is 117 Å². The molecule has 0 unspecified atom stereocenters. The molecule has 0 aromatic heterocycles. The largest absolute Gasteiger partial charge is 0.444 e. The Morgan fingerprint density at radius 3 is 2.32 bits per heavy atom. The molecule has 0 aliphatic rings. The molecule has 0 saturated heterocycles. The van der Waals surface area contributed by atoms with E-state index in [0.717, 1.165) is 0 Å². The number of carbonyl (C=O) groups excluding carboxylic acids is 1. The van der Waals surface area contributed by atoms with Gasteiger partial charge in [0.25, 0.3) is 9.05 Å². The number of benzene rings is 1. The van der Waals surface area contributed by atoms with Crippen LogP contribution in [0.25, 0.3) is 0 Å². The van der Waals surface area contributed by atoms with Crippen LogP contribution in [0.15, 0.2) is 23.1 Å². The first-order valence-corrected chi connectivity index (χ1v) is 7.85. The Morgan fingerprint density at radius 2 is 1.89 bits per heavy atom. The zero-order chi connectivity index (χ0) is 14.8. The molecule has 1 aromatic carbocycles. The van der Waals surface area contributed by atoms with E-state index in [2.05, 4.69) is 5.32 Å². The fourth-order valence-electron chi connectivity index (χ4n) is 1.42. The molecule has 0 spiro atoms. The van der Waals surface area contributed by atoms with Crippen LogP contribution in [0.3, 0.4) is 0 Å². The molecular formula is C12H16ClNO4S. The Kier molecular flexibility index (Phi) is 4.47. The fraction of sp³-hybridized carbons (Fsp3) is 0.417. The van der Waals surface area contributed by atoms with Gasteiger partial charge in [-0.3, -0.25) is 5.32 Å². The van der Waals surface area contributed by atoms with Crippen LogP contribution in [0.2, 0.25) is 0 Å². The first-order valence-electron chi connectivity index (χ1n) is 5.54. The van der Waals surface area contributed by atoms with E-state index >= 15 is 0 Å². The van der Waals surface area contributed by atoms with E-state index in [1.165, 1.54) is 18.2 Å². The molecule has 1 aromatic rings. The molecule has 19 heavy (non-hydrogen) atoms. The number of nitrogens with one attached hydrogen (secondary N) is 1. The smallest absolute Gasteiger partial charge is 0.412 e.